The van der Waals surface area contributed by atoms with Gasteiger partial charge < -0.3 is 28.8 Å². The molecule has 0 bridgehead atoms. The number of para-hydroxylation sites is 1. The molecule has 2 aliphatic heterocycles. The second kappa shape index (κ2) is 16.3. The first-order chi connectivity index (χ1) is 24.6. The molecule has 2 aromatic carbocycles. The summed E-state index contributed by atoms with van der Waals surface area (Å²) in [7, 11) is 5.20. The Hall–Kier alpha value is -3.03. The number of aromatic nitrogens is 1. The molecular formula is C38H48Cl2N4O7. The van der Waals surface area contributed by atoms with E-state index in [1.165, 1.54) is 0 Å². The van der Waals surface area contributed by atoms with Gasteiger partial charge in [-0.05, 0) is 69.2 Å². The summed E-state index contributed by atoms with van der Waals surface area (Å²) in [5, 5.41) is 4.30. The Balaban J connectivity index is 1.28. The van der Waals surface area contributed by atoms with Gasteiger partial charge in [-0.15, -0.1) is 0 Å². The molecule has 11 nitrogen and oxygen atoms in total. The molecule has 276 valence electrons. The molecule has 51 heavy (non-hydrogen) atoms. The van der Waals surface area contributed by atoms with E-state index in [2.05, 4.69) is 15.1 Å². The molecule has 3 atom stereocenters. The second-order valence-electron chi connectivity index (χ2n) is 13.7. The number of halogens is 2. The second-order valence-corrected chi connectivity index (χ2v) is 14.6. The van der Waals surface area contributed by atoms with Crippen molar-refractivity contribution in [1.82, 2.24) is 14.4 Å². The number of aryl methyl sites for hydroxylation is 1. The number of ether oxygens (including phenoxy) is 4. The number of benzene rings is 2. The molecule has 6 rings (SSSR count). The maximum absolute atomic E-state index is 15.0. The largest absolute Gasteiger partial charge is 0.466 e. The number of rotatable bonds is 13. The fraction of sp³-hybridized carbons (Fsp3) is 0.553. The third kappa shape index (κ3) is 7.71. The van der Waals surface area contributed by atoms with Crippen LogP contribution in [-0.2, 0) is 42.0 Å². The van der Waals surface area contributed by atoms with Crippen LogP contribution in [0.25, 0.3) is 10.9 Å². The van der Waals surface area contributed by atoms with Crippen LogP contribution in [0.3, 0.4) is 0 Å². The first kappa shape index (κ1) is 37.7. The van der Waals surface area contributed by atoms with Crippen LogP contribution in [0.15, 0.2) is 42.6 Å². The van der Waals surface area contributed by atoms with E-state index in [0.29, 0.717) is 80.3 Å². The minimum absolute atomic E-state index is 0.0590. The van der Waals surface area contributed by atoms with Crippen molar-refractivity contribution in [2.75, 3.05) is 52.3 Å². The van der Waals surface area contributed by atoms with E-state index in [-0.39, 0.29) is 53.3 Å². The Morgan fingerprint density at radius 2 is 1.59 bits per heavy atom. The zero-order valence-corrected chi connectivity index (χ0v) is 31.3. The average Bonchev–Trinajstić information content (AvgIpc) is 3.89. The normalized spacial score (nSPS) is 24.1. The lowest BCUT2D eigenvalue weighted by Gasteiger charge is -2.48. The fourth-order valence-electron chi connectivity index (χ4n) is 7.96. The smallest absolute Gasteiger partial charge is 0.308 e. The molecule has 1 amide bonds. The Kier molecular flexibility index (Phi) is 12.1. The molecule has 1 aromatic heterocycles. The number of hydrogen-bond donors (Lipinski definition) is 1. The SMILES string of the molecule is CCOC(=O)C1CCC(OC(C(=O)Cc2cc(Cl)c(NC(=O)c3cn(C)c4ccccc34)cc2Cl)(N2CCCC2)N2C[C@H](OC)[C@@H](OC)C2)CC1. The van der Waals surface area contributed by atoms with Crippen molar-refractivity contribution in [3.05, 3.63) is 63.8 Å². The zero-order valence-electron chi connectivity index (χ0n) is 29.8. The van der Waals surface area contributed by atoms with Crippen molar-refractivity contribution in [3.8, 4) is 0 Å². The van der Waals surface area contributed by atoms with Gasteiger partial charge in [-0.2, -0.15) is 0 Å². The number of hydrogen-bond acceptors (Lipinski definition) is 9. The van der Waals surface area contributed by atoms with Crippen LogP contribution >= 0.6 is 23.2 Å². The van der Waals surface area contributed by atoms with Crippen LogP contribution in [0.4, 0.5) is 5.69 Å². The third-order valence-electron chi connectivity index (χ3n) is 10.6. The van der Waals surface area contributed by atoms with Crippen molar-refractivity contribution in [1.29, 1.82) is 0 Å². The number of carbonyl (C=O) groups excluding carboxylic acids is 3. The van der Waals surface area contributed by atoms with Crippen LogP contribution in [0, 0.1) is 5.92 Å². The number of methoxy groups -OCH3 is 2. The molecule has 1 N–H and O–H groups in total. The highest BCUT2D eigenvalue weighted by atomic mass is 35.5. The van der Waals surface area contributed by atoms with Crippen molar-refractivity contribution < 1.29 is 33.3 Å². The van der Waals surface area contributed by atoms with E-state index in [1.807, 2.05) is 42.8 Å². The lowest BCUT2D eigenvalue weighted by Crippen LogP contribution is -2.67. The van der Waals surface area contributed by atoms with Gasteiger partial charge in [0.05, 0.1) is 47.1 Å². The number of likely N-dealkylation sites (tertiary alicyclic amines) is 2. The monoisotopic (exact) mass is 742 g/mol. The van der Waals surface area contributed by atoms with Crippen molar-refractivity contribution in [3.63, 3.8) is 0 Å². The molecule has 3 fully saturated rings. The van der Waals surface area contributed by atoms with Crippen LogP contribution in [0.1, 0.15) is 61.4 Å². The Morgan fingerprint density at radius 3 is 2.24 bits per heavy atom. The molecule has 2 saturated heterocycles. The van der Waals surface area contributed by atoms with E-state index >= 15 is 4.79 Å². The Morgan fingerprint density at radius 1 is 0.922 bits per heavy atom. The number of carbonyl (C=O) groups is 3. The summed E-state index contributed by atoms with van der Waals surface area (Å²) < 4.78 is 25.9. The molecule has 0 spiro atoms. The molecule has 13 heteroatoms. The molecule has 3 aliphatic rings. The molecule has 1 aliphatic carbocycles. The van der Waals surface area contributed by atoms with Crippen molar-refractivity contribution >= 4 is 57.5 Å². The minimum Gasteiger partial charge on any atom is -0.466 e. The summed E-state index contributed by atoms with van der Waals surface area (Å²) in [5.74, 6) is -2.26. The van der Waals surface area contributed by atoms with Gasteiger partial charge in [0.25, 0.3) is 5.91 Å². The Bertz CT molecular complexity index is 1720. The topological polar surface area (TPSA) is 112 Å². The number of nitrogens with one attached hydrogen (secondary N) is 1. The van der Waals surface area contributed by atoms with E-state index in [4.69, 9.17) is 42.1 Å². The lowest BCUT2D eigenvalue weighted by atomic mass is 9.87. The first-order valence-electron chi connectivity index (χ1n) is 17.9. The fourth-order valence-corrected chi connectivity index (χ4v) is 8.42. The molecule has 1 saturated carbocycles. The number of Topliss-reactive ketones (excluding diaryl/α,β-unsaturated/α-hetero) is 1. The van der Waals surface area contributed by atoms with Crippen molar-refractivity contribution in [2.24, 2.45) is 13.0 Å². The number of anilines is 1. The first-order valence-corrected chi connectivity index (χ1v) is 18.6. The van der Waals surface area contributed by atoms with Gasteiger partial charge in [-0.25, -0.2) is 0 Å². The minimum atomic E-state index is -1.42. The van der Waals surface area contributed by atoms with Crippen LogP contribution in [-0.4, -0.2) is 103 Å². The average molecular weight is 744 g/mol. The summed E-state index contributed by atoms with van der Waals surface area (Å²) in [5.41, 5.74) is 2.32. The summed E-state index contributed by atoms with van der Waals surface area (Å²) in [6.07, 6.45) is 5.33. The number of ketones is 1. The van der Waals surface area contributed by atoms with Gasteiger partial charge in [-0.3, -0.25) is 24.2 Å². The molecule has 1 unspecified atom stereocenters. The van der Waals surface area contributed by atoms with Gasteiger partial charge in [0.15, 0.2) is 5.78 Å². The molecule has 0 radical (unpaired) electrons. The summed E-state index contributed by atoms with van der Waals surface area (Å²) in [4.78, 5) is 45.2. The third-order valence-corrected chi connectivity index (χ3v) is 11.3. The predicted molar refractivity (Wildman–Crippen MR) is 196 cm³/mol. The lowest BCUT2D eigenvalue weighted by molar-refractivity contribution is -0.254. The van der Waals surface area contributed by atoms with Gasteiger partial charge in [0.1, 0.15) is 0 Å². The van der Waals surface area contributed by atoms with E-state index in [0.717, 1.165) is 23.7 Å². The molecular weight excluding hydrogens is 695 g/mol. The van der Waals surface area contributed by atoms with Crippen LogP contribution in [0.5, 0.6) is 0 Å². The van der Waals surface area contributed by atoms with Crippen molar-refractivity contribution in [2.45, 2.75) is 76.0 Å². The van der Waals surface area contributed by atoms with E-state index in [1.54, 1.807) is 32.5 Å². The van der Waals surface area contributed by atoms with E-state index in [9.17, 15) is 9.59 Å². The highest BCUT2D eigenvalue weighted by Gasteiger charge is 2.56. The standard InChI is InChI=1S/C38H48Cl2N4O7/c1-5-50-37(47)24-12-14-26(15-13-24)51-38(43-16-8-9-17-43,44-22-33(48-3)34(23-44)49-4)35(45)19-25-18-30(40)31(20-29(25)39)41-36(46)28-21-42(2)32-11-7-6-10-27(28)32/h6-7,10-11,18,20-21,24,26,33-34H,5,8-9,12-17,19,22-23H2,1-4H3,(H,41,46)/t24?,26?,33-,34-,38?/m0/s1. The highest BCUT2D eigenvalue weighted by Crippen LogP contribution is 2.39. The number of fused-ring (bicyclic) bond motifs is 1. The summed E-state index contributed by atoms with van der Waals surface area (Å²) >= 11 is 13.7. The predicted octanol–water partition coefficient (Wildman–Crippen LogP) is 6.08. The highest BCUT2D eigenvalue weighted by molar-refractivity contribution is 6.36. The van der Waals surface area contributed by atoms with Gasteiger partial charge in [0.2, 0.25) is 5.85 Å². The van der Waals surface area contributed by atoms with E-state index < -0.39 is 5.85 Å². The number of esters is 1. The number of amides is 1. The van der Waals surface area contributed by atoms with Crippen LogP contribution in [0.2, 0.25) is 10.0 Å². The van der Waals surface area contributed by atoms with Crippen LogP contribution < -0.4 is 5.32 Å². The van der Waals surface area contributed by atoms with Gasteiger partial charge >= 0.3 is 5.97 Å². The molecule has 3 heterocycles. The van der Waals surface area contributed by atoms with Gasteiger partial charge in [0, 0.05) is 76.0 Å². The zero-order chi connectivity index (χ0) is 36.3. The quantitative estimate of drug-likeness (QED) is 0.208. The Labute approximate surface area is 309 Å². The van der Waals surface area contributed by atoms with Gasteiger partial charge in [-0.1, -0.05) is 41.4 Å². The maximum Gasteiger partial charge on any atom is 0.308 e. The summed E-state index contributed by atoms with van der Waals surface area (Å²) in [6.45, 7) is 4.40. The summed E-state index contributed by atoms with van der Waals surface area (Å²) in [6, 6.07) is 10.9. The molecule has 3 aromatic rings. The maximum atomic E-state index is 15.0. The number of nitrogens with zero attached hydrogens (tertiary/aromatic N) is 3.